The van der Waals surface area contributed by atoms with Crippen molar-refractivity contribution in [2.45, 2.75) is 24.2 Å². The molecule has 1 saturated heterocycles. The summed E-state index contributed by atoms with van der Waals surface area (Å²) >= 11 is 0. The van der Waals surface area contributed by atoms with E-state index in [9.17, 15) is 34.8 Å². The van der Waals surface area contributed by atoms with E-state index in [0.29, 0.717) is 22.2 Å². The van der Waals surface area contributed by atoms with Gasteiger partial charge in [-0.15, -0.1) is 0 Å². The Bertz CT molecular complexity index is 1310. The first kappa shape index (κ1) is 24.2. The van der Waals surface area contributed by atoms with Crippen LogP contribution in [0.25, 0.3) is 5.65 Å². The van der Waals surface area contributed by atoms with Gasteiger partial charge < -0.3 is 5.32 Å². The molecule has 0 bridgehead atoms. The van der Waals surface area contributed by atoms with E-state index in [1.54, 1.807) is 30.3 Å². The maximum atomic E-state index is 13.4. The van der Waals surface area contributed by atoms with Crippen LogP contribution in [0.2, 0.25) is 0 Å². The Hall–Kier alpha value is -2.91. The molecule has 184 valence electrons. The smallest absolute Gasteiger partial charge is 0.369 e. The first-order valence-electron chi connectivity index (χ1n) is 9.82. The number of hydrogen-bond donors (Lipinski definition) is 2. The molecule has 1 aromatic carbocycles. The molecule has 0 radical (unpaired) electrons. The topological polar surface area (TPSA) is 106 Å². The van der Waals surface area contributed by atoms with Crippen LogP contribution in [0.3, 0.4) is 0 Å². The Morgan fingerprint density at radius 2 is 1.68 bits per heavy atom. The van der Waals surface area contributed by atoms with Crippen LogP contribution in [0.15, 0.2) is 42.5 Å². The average Bonchev–Trinajstić information content (AvgIpc) is 3.37. The van der Waals surface area contributed by atoms with Crippen molar-refractivity contribution < 1.29 is 34.8 Å². The molecule has 1 unspecified atom stereocenters. The lowest BCUT2D eigenvalue weighted by Gasteiger charge is -2.30. The lowest BCUT2D eigenvalue weighted by molar-refractivity contribution is -0.142. The van der Waals surface area contributed by atoms with Crippen LogP contribution >= 0.6 is 0 Å². The van der Waals surface area contributed by atoms with Crippen molar-refractivity contribution in [3.63, 3.8) is 0 Å². The molecular formula is C19H18F6N6O2S. The molecule has 3 aromatic rings. The number of nitrogens with one attached hydrogen (secondary N) is 1. The summed E-state index contributed by atoms with van der Waals surface area (Å²) in [6, 6.07) is 9.61. The number of nitrogens with zero attached hydrogens (tertiary/aromatic N) is 4. The summed E-state index contributed by atoms with van der Waals surface area (Å²) in [5.74, 6) is -0.378. The second-order valence-corrected chi connectivity index (χ2v) is 9.50. The minimum atomic E-state index is -4.92. The summed E-state index contributed by atoms with van der Waals surface area (Å²) in [5.41, 5.74) is -3.67. The first-order valence-corrected chi connectivity index (χ1v) is 11.3. The molecule has 4 rings (SSSR count). The van der Waals surface area contributed by atoms with Crippen LogP contribution in [0.5, 0.6) is 0 Å². The van der Waals surface area contributed by atoms with Crippen LogP contribution < -0.4 is 10.5 Å². The quantitative estimate of drug-likeness (QED) is 0.516. The highest BCUT2D eigenvalue weighted by atomic mass is 32.2. The summed E-state index contributed by atoms with van der Waals surface area (Å²) < 4.78 is 105. The molecule has 1 fully saturated rings. The van der Waals surface area contributed by atoms with E-state index in [0.717, 1.165) is 4.31 Å². The van der Waals surface area contributed by atoms with Crippen LogP contribution in [0.4, 0.5) is 32.2 Å². The highest BCUT2D eigenvalue weighted by molar-refractivity contribution is 7.86. The van der Waals surface area contributed by atoms with Crippen LogP contribution in [-0.2, 0) is 28.0 Å². The molecule has 0 spiro atoms. The van der Waals surface area contributed by atoms with E-state index in [2.05, 4.69) is 15.4 Å². The van der Waals surface area contributed by atoms with Gasteiger partial charge in [0.2, 0.25) is 0 Å². The standard InChI is InChI=1S/C19H18F6N6O2S/c20-18(21,22)13-8-15(31-16(28-13)9-14(29-31)19(23,24)25)27-10-17(12-4-2-1-3-5-12)6-7-30(11-17)34(26,32)33/h1-5,8-9,27H,6-7,10-11H2,(H2,26,32,33). The Kier molecular flexibility index (Phi) is 5.77. The van der Waals surface area contributed by atoms with Gasteiger partial charge in [-0.2, -0.15) is 48.7 Å². The van der Waals surface area contributed by atoms with Gasteiger partial charge in [-0.1, -0.05) is 30.3 Å². The van der Waals surface area contributed by atoms with Crippen molar-refractivity contribution in [2.24, 2.45) is 5.14 Å². The summed E-state index contributed by atoms with van der Waals surface area (Å²) in [4.78, 5) is 3.27. The monoisotopic (exact) mass is 508 g/mol. The third-order valence-electron chi connectivity index (χ3n) is 5.68. The predicted octanol–water partition coefficient (Wildman–Crippen LogP) is 3.03. The van der Waals surface area contributed by atoms with Crippen molar-refractivity contribution in [1.82, 2.24) is 18.9 Å². The Morgan fingerprint density at radius 1 is 1.03 bits per heavy atom. The highest BCUT2D eigenvalue weighted by Crippen LogP contribution is 2.37. The summed E-state index contributed by atoms with van der Waals surface area (Å²) in [7, 11) is -4.03. The van der Waals surface area contributed by atoms with Crippen molar-refractivity contribution in [3.8, 4) is 0 Å². The minimum absolute atomic E-state index is 0.0644. The van der Waals surface area contributed by atoms with E-state index >= 15 is 0 Å². The molecule has 15 heteroatoms. The number of aromatic nitrogens is 3. The van der Waals surface area contributed by atoms with Gasteiger partial charge in [-0.3, -0.25) is 0 Å². The fraction of sp³-hybridized carbons (Fsp3) is 0.368. The second kappa shape index (κ2) is 8.09. The first-order chi connectivity index (χ1) is 15.7. The summed E-state index contributed by atoms with van der Waals surface area (Å²) in [6.07, 6.45) is -9.54. The molecule has 1 aliphatic heterocycles. The third-order valence-corrected chi connectivity index (χ3v) is 6.71. The van der Waals surface area contributed by atoms with Gasteiger partial charge in [0.25, 0.3) is 10.2 Å². The number of halogens is 6. The zero-order chi connectivity index (χ0) is 24.9. The molecular weight excluding hydrogens is 490 g/mol. The number of benzene rings is 1. The maximum absolute atomic E-state index is 13.4. The molecule has 3 N–H and O–H groups in total. The van der Waals surface area contributed by atoms with Gasteiger partial charge in [-0.25, -0.2) is 10.1 Å². The molecule has 0 aliphatic carbocycles. The van der Waals surface area contributed by atoms with Gasteiger partial charge in [-0.05, 0) is 12.0 Å². The molecule has 0 saturated carbocycles. The molecule has 34 heavy (non-hydrogen) atoms. The number of nitrogens with two attached hydrogens (primary N) is 1. The number of alkyl halides is 6. The summed E-state index contributed by atoms with van der Waals surface area (Å²) in [5, 5.41) is 11.4. The van der Waals surface area contributed by atoms with Gasteiger partial charge in [0.1, 0.15) is 5.82 Å². The number of rotatable bonds is 5. The van der Waals surface area contributed by atoms with Crippen LogP contribution in [-0.4, -0.2) is 47.0 Å². The Balaban J connectivity index is 1.76. The van der Waals surface area contributed by atoms with Crippen LogP contribution in [0, 0.1) is 0 Å². The summed E-state index contributed by atoms with van der Waals surface area (Å²) in [6.45, 7) is -0.119. The van der Waals surface area contributed by atoms with Crippen molar-refractivity contribution in [1.29, 1.82) is 0 Å². The number of hydrogen-bond acceptors (Lipinski definition) is 5. The van der Waals surface area contributed by atoms with E-state index in [-0.39, 0.29) is 31.9 Å². The largest absolute Gasteiger partial charge is 0.435 e. The fourth-order valence-corrected chi connectivity index (χ4v) is 4.74. The van der Waals surface area contributed by atoms with Gasteiger partial charge >= 0.3 is 12.4 Å². The number of fused-ring (bicyclic) bond motifs is 1. The van der Waals surface area contributed by atoms with Gasteiger partial charge in [0, 0.05) is 37.2 Å². The van der Waals surface area contributed by atoms with Crippen LogP contribution in [0.1, 0.15) is 23.4 Å². The van der Waals surface area contributed by atoms with Gasteiger partial charge in [0.05, 0.1) is 0 Å². The molecule has 8 nitrogen and oxygen atoms in total. The van der Waals surface area contributed by atoms with Gasteiger partial charge in [0.15, 0.2) is 17.0 Å². The Morgan fingerprint density at radius 3 is 2.24 bits per heavy atom. The fourth-order valence-electron chi connectivity index (χ4n) is 3.97. The Labute approximate surface area is 189 Å². The SMILES string of the molecule is NS(=O)(=O)N1CCC(CNc2cc(C(F)(F)F)nc3cc(C(F)(F)F)nn23)(c2ccccc2)C1. The highest BCUT2D eigenvalue weighted by Gasteiger charge is 2.43. The normalized spacial score (nSPS) is 20.2. The maximum Gasteiger partial charge on any atom is 0.435 e. The predicted molar refractivity (Wildman–Crippen MR) is 109 cm³/mol. The van der Waals surface area contributed by atoms with E-state index in [4.69, 9.17) is 5.14 Å². The zero-order valence-corrected chi connectivity index (χ0v) is 18.0. The third kappa shape index (κ3) is 4.67. The number of anilines is 1. The molecule has 0 amide bonds. The van der Waals surface area contributed by atoms with Crippen molar-refractivity contribution in [2.75, 3.05) is 25.0 Å². The van der Waals surface area contributed by atoms with Crippen molar-refractivity contribution >= 4 is 21.7 Å². The second-order valence-electron chi connectivity index (χ2n) is 7.95. The average molecular weight is 508 g/mol. The van der Waals surface area contributed by atoms with E-state index < -0.39 is 45.0 Å². The molecule has 1 atom stereocenters. The molecule has 2 aromatic heterocycles. The van der Waals surface area contributed by atoms with E-state index in [1.807, 2.05) is 0 Å². The lowest BCUT2D eigenvalue weighted by atomic mass is 9.79. The van der Waals surface area contributed by atoms with Crippen molar-refractivity contribution in [3.05, 3.63) is 59.4 Å². The minimum Gasteiger partial charge on any atom is -0.369 e. The lowest BCUT2D eigenvalue weighted by Crippen LogP contribution is -2.41. The molecule has 1 aliphatic rings. The zero-order valence-electron chi connectivity index (χ0n) is 17.2. The van der Waals surface area contributed by atoms with E-state index in [1.165, 1.54) is 0 Å². The molecule has 3 heterocycles.